The minimum Gasteiger partial charge on any atom is -0.494 e. The van der Waals surface area contributed by atoms with Gasteiger partial charge in [0.15, 0.2) is 5.13 Å². The van der Waals surface area contributed by atoms with E-state index in [0.717, 1.165) is 39.1 Å². The number of anilines is 1. The Hall–Kier alpha value is -2.32. The number of rotatable bonds is 5. The molecule has 1 aromatic heterocycles. The number of methoxy groups -OCH3 is 1. The van der Waals surface area contributed by atoms with E-state index in [1.807, 2.05) is 11.0 Å². The number of thioether (sulfide) groups is 1. The number of benzene rings is 2. The summed E-state index contributed by atoms with van der Waals surface area (Å²) in [6, 6.07) is 10.2. The first-order chi connectivity index (χ1) is 14.0. The number of amides is 1. The molecular formula is C21H22FN3O2S2. The minimum atomic E-state index is -0.264. The standard InChI is InChI=1S/C21H22FN3O2S2/c1-14-3-8-17(27-2)19-20(14)29-21(23-19)25-11-9-24(10-12-25)18(26)13-28-16-6-4-15(22)5-7-16/h3-8H,9-13H2,1-2H3. The number of aryl methyl sites for hydroxylation is 1. The van der Waals surface area contributed by atoms with Gasteiger partial charge in [-0.25, -0.2) is 9.37 Å². The summed E-state index contributed by atoms with van der Waals surface area (Å²) in [6.45, 7) is 4.95. The smallest absolute Gasteiger partial charge is 0.233 e. The number of halogens is 1. The first kappa shape index (κ1) is 20.0. The van der Waals surface area contributed by atoms with E-state index in [0.29, 0.717) is 18.8 Å². The predicted molar refractivity (Wildman–Crippen MR) is 117 cm³/mol. The number of carbonyl (C=O) groups is 1. The predicted octanol–water partition coefficient (Wildman–Crippen LogP) is 4.19. The maximum absolute atomic E-state index is 13.0. The van der Waals surface area contributed by atoms with Gasteiger partial charge in [-0.2, -0.15) is 0 Å². The molecule has 0 unspecified atom stereocenters. The van der Waals surface area contributed by atoms with E-state index in [1.54, 1.807) is 30.6 Å². The van der Waals surface area contributed by atoms with Crippen LogP contribution in [0.25, 0.3) is 10.2 Å². The van der Waals surface area contributed by atoms with E-state index in [4.69, 9.17) is 9.72 Å². The number of hydrogen-bond donors (Lipinski definition) is 0. The zero-order valence-electron chi connectivity index (χ0n) is 16.4. The molecule has 1 aliphatic rings. The number of carbonyl (C=O) groups excluding carboxylic acids is 1. The summed E-state index contributed by atoms with van der Waals surface area (Å²) in [5.74, 6) is 1.00. The summed E-state index contributed by atoms with van der Waals surface area (Å²) in [6.07, 6.45) is 0. The molecule has 0 spiro atoms. The van der Waals surface area contributed by atoms with Crippen molar-refractivity contribution in [2.75, 3.05) is 43.9 Å². The number of hydrogen-bond acceptors (Lipinski definition) is 6. The Morgan fingerprint density at radius 1 is 1.17 bits per heavy atom. The number of fused-ring (bicyclic) bond motifs is 1. The summed E-state index contributed by atoms with van der Waals surface area (Å²) in [5, 5.41) is 0.973. The molecule has 5 nitrogen and oxygen atoms in total. The van der Waals surface area contributed by atoms with Crippen LogP contribution in [0.4, 0.5) is 9.52 Å². The van der Waals surface area contributed by atoms with Crippen molar-refractivity contribution in [3.63, 3.8) is 0 Å². The van der Waals surface area contributed by atoms with Crippen molar-refractivity contribution in [1.82, 2.24) is 9.88 Å². The second-order valence-electron chi connectivity index (χ2n) is 6.87. The summed E-state index contributed by atoms with van der Waals surface area (Å²) >= 11 is 3.12. The van der Waals surface area contributed by atoms with Gasteiger partial charge in [-0.3, -0.25) is 4.79 Å². The highest BCUT2D eigenvalue weighted by atomic mass is 32.2. The van der Waals surface area contributed by atoms with Crippen LogP contribution in [-0.4, -0.2) is 54.8 Å². The van der Waals surface area contributed by atoms with Crippen LogP contribution >= 0.6 is 23.1 Å². The zero-order chi connectivity index (χ0) is 20.4. The van der Waals surface area contributed by atoms with Gasteiger partial charge in [0, 0.05) is 31.1 Å². The van der Waals surface area contributed by atoms with E-state index >= 15 is 0 Å². The van der Waals surface area contributed by atoms with Crippen LogP contribution < -0.4 is 9.64 Å². The molecule has 0 saturated carbocycles. The van der Waals surface area contributed by atoms with Crippen LogP contribution in [0.5, 0.6) is 5.75 Å². The maximum atomic E-state index is 13.0. The van der Waals surface area contributed by atoms with Crippen LogP contribution in [0, 0.1) is 12.7 Å². The van der Waals surface area contributed by atoms with Crippen molar-refractivity contribution >= 4 is 44.4 Å². The first-order valence-electron chi connectivity index (χ1n) is 9.40. The molecular weight excluding hydrogens is 409 g/mol. The number of aromatic nitrogens is 1. The average molecular weight is 432 g/mol. The SMILES string of the molecule is COc1ccc(C)c2sc(N3CCN(C(=O)CSc4ccc(F)cc4)CC3)nc12. The lowest BCUT2D eigenvalue weighted by atomic mass is 10.2. The molecule has 1 aliphatic heterocycles. The van der Waals surface area contributed by atoms with E-state index < -0.39 is 0 Å². The third-order valence-corrected chi connectivity index (χ3v) is 7.24. The Bertz CT molecular complexity index is 1010. The van der Waals surface area contributed by atoms with Gasteiger partial charge in [0.2, 0.25) is 5.91 Å². The second kappa shape index (κ2) is 8.59. The largest absolute Gasteiger partial charge is 0.494 e. The number of ether oxygens (including phenoxy) is 1. The topological polar surface area (TPSA) is 45.7 Å². The Labute approximate surface area is 177 Å². The molecule has 0 bridgehead atoms. The molecule has 0 radical (unpaired) electrons. The molecule has 4 rings (SSSR count). The van der Waals surface area contributed by atoms with E-state index in [2.05, 4.69) is 17.9 Å². The minimum absolute atomic E-state index is 0.112. The van der Waals surface area contributed by atoms with Gasteiger partial charge in [-0.15, -0.1) is 11.8 Å². The molecule has 0 N–H and O–H groups in total. The highest BCUT2D eigenvalue weighted by Gasteiger charge is 2.24. The summed E-state index contributed by atoms with van der Waals surface area (Å²) in [5.41, 5.74) is 2.10. The maximum Gasteiger partial charge on any atom is 0.233 e. The van der Waals surface area contributed by atoms with Crippen molar-refractivity contribution in [3.8, 4) is 5.75 Å². The number of piperazine rings is 1. The van der Waals surface area contributed by atoms with Crippen LogP contribution in [0.3, 0.4) is 0 Å². The Kier molecular flexibility index (Phi) is 5.91. The third kappa shape index (κ3) is 4.33. The Morgan fingerprint density at radius 2 is 1.90 bits per heavy atom. The van der Waals surface area contributed by atoms with Crippen LogP contribution in [0.2, 0.25) is 0 Å². The second-order valence-corrected chi connectivity index (χ2v) is 8.90. The lowest BCUT2D eigenvalue weighted by Gasteiger charge is -2.34. The van der Waals surface area contributed by atoms with Crippen molar-refractivity contribution in [2.24, 2.45) is 0 Å². The molecule has 0 atom stereocenters. The van der Waals surface area contributed by atoms with E-state index in [-0.39, 0.29) is 11.7 Å². The summed E-state index contributed by atoms with van der Waals surface area (Å²) in [4.78, 5) is 22.4. The summed E-state index contributed by atoms with van der Waals surface area (Å²) < 4.78 is 19.6. The lowest BCUT2D eigenvalue weighted by molar-refractivity contribution is -0.128. The fourth-order valence-corrected chi connectivity index (χ4v) is 5.22. The fourth-order valence-electron chi connectivity index (χ4n) is 3.31. The van der Waals surface area contributed by atoms with Gasteiger partial charge in [0.1, 0.15) is 17.1 Å². The molecule has 8 heteroatoms. The molecule has 0 aliphatic carbocycles. The van der Waals surface area contributed by atoms with Crippen LogP contribution in [0.15, 0.2) is 41.3 Å². The molecule has 1 amide bonds. The average Bonchev–Trinajstić information content (AvgIpc) is 3.20. The monoisotopic (exact) mass is 431 g/mol. The Morgan fingerprint density at radius 3 is 2.59 bits per heavy atom. The van der Waals surface area contributed by atoms with Gasteiger partial charge in [-0.1, -0.05) is 17.4 Å². The number of thiazole rings is 1. The molecule has 1 saturated heterocycles. The summed E-state index contributed by atoms with van der Waals surface area (Å²) in [7, 11) is 1.66. The van der Waals surface area contributed by atoms with E-state index in [9.17, 15) is 9.18 Å². The van der Waals surface area contributed by atoms with Crippen molar-refractivity contribution < 1.29 is 13.9 Å². The van der Waals surface area contributed by atoms with Crippen molar-refractivity contribution in [3.05, 3.63) is 47.8 Å². The molecule has 2 heterocycles. The molecule has 152 valence electrons. The number of nitrogens with zero attached hydrogens (tertiary/aromatic N) is 3. The van der Waals surface area contributed by atoms with Crippen LogP contribution in [0.1, 0.15) is 5.56 Å². The van der Waals surface area contributed by atoms with Gasteiger partial charge in [-0.05, 0) is 42.8 Å². The van der Waals surface area contributed by atoms with Crippen molar-refractivity contribution in [1.29, 1.82) is 0 Å². The highest BCUT2D eigenvalue weighted by molar-refractivity contribution is 8.00. The molecule has 3 aromatic rings. The molecule has 1 fully saturated rings. The van der Waals surface area contributed by atoms with Gasteiger partial charge in [0.25, 0.3) is 0 Å². The van der Waals surface area contributed by atoms with Gasteiger partial charge >= 0.3 is 0 Å². The van der Waals surface area contributed by atoms with Crippen LogP contribution in [-0.2, 0) is 4.79 Å². The first-order valence-corrected chi connectivity index (χ1v) is 11.2. The molecule has 29 heavy (non-hydrogen) atoms. The zero-order valence-corrected chi connectivity index (χ0v) is 18.0. The van der Waals surface area contributed by atoms with E-state index in [1.165, 1.54) is 29.5 Å². The van der Waals surface area contributed by atoms with Crippen molar-refractivity contribution in [2.45, 2.75) is 11.8 Å². The quantitative estimate of drug-likeness (QED) is 0.567. The molecule has 2 aromatic carbocycles. The third-order valence-electron chi connectivity index (χ3n) is 4.99. The van der Waals surface area contributed by atoms with Gasteiger partial charge in [0.05, 0.1) is 17.6 Å². The Balaban J connectivity index is 1.36. The normalized spacial score (nSPS) is 14.4. The lowest BCUT2D eigenvalue weighted by Crippen LogP contribution is -2.49. The van der Waals surface area contributed by atoms with Gasteiger partial charge < -0.3 is 14.5 Å². The fraction of sp³-hybridized carbons (Fsp3) is 0.333. The highest BCUT2D eigenvalue weighted by Crippen LogP contribution is 2.36.